The minimum absolute atomic E-state index is 0.0134. The molecule has 2 aromatic rings. The van der Waals surface area contributed by atoms with Crippen molar-refractivity contribution in [1.29, 1.82) is 0 Å². The van der Waals surface area contributed by atoms with Crippen molar-refractivity contribution in [2.45, 2.75) is 20.8 Å². The van der Waals surface area contributed by atoms with Gasteiger partial charge in [-0.3, -0.25) is 9.36 Å². The van der Waals surface area contributed by atoms with E-state index < -0.39 is 11.4 Å². The second-order valence-corrected chi connectivity index (χ2v) is 5.32. The molecule has 0 radical (unpaired) electrons. The van der Waals surface area contributed by atoms with Crippen molar-refractivity contribution in [2.24, 2.45) is 5.41 Å². The van der Waals surface area contributed by atoms with Crippen LogP contribution in [0, 0.1) is 5.41 Å². The first-order valence-electron chi connectivity index (χ1n) is 5.70. The fourth-order valence-electron chi connectivity index (χ4n) is 1.81. The largest absolute Gasteiger partial charge is 0.478 e. The van der Waals surface area contributed by atoms with Gasteiger partial charge in [0, 0.05) is 17.0 Å². The molecular formula is C14H15NO3. The normalized spacial score (nSPS) is 11.7. The molecule has 2 rings (SSSR count). The van der Waals surface area contributed by atoms with Gasteiger partial charge in [0.1, 0.15) is 0 Å². The van der Waals surface area contributed by atoms with E-state index in [0.29, 0.717) is 0 Å². The van der Waals surface area contributed by atoms with Crippen LogP contribution >= 0.6 is 0 Å². The Hall–Kier alpha value is -2.10. The molecule has 4 heteroatoms. The van der Waals surface area contributed by atoms with Crippen LogP contribution in [-0.2, 0) is 0 Å². The van der Waals surface area contributed by atoms with Crippen LogP contribution in [0.1, 0.15) is 35.9 Å². The highest BCUT2D eigenvalue weighted by Crippen LogP contribution is 2.23. The highest BCUT2D eigenvalue weighted by molar-refractivity contribution is 5.98. The Morgan fingerprint density at radius 3 is 2.39 bits per heavy atom. The van der Waals surface area contributed by atoms with Crippen molar-refractivity contribution in [1.82, 2.24) is 4.57 Å². The third-order valence-electron chi connectivity index (χ3n) is 2.80. The number of aromatic nitrogens is 1. The second kappa shape index (κ2) is 3.98. The lowest BCUT2D eigenvalue weighted by atomic mass is 9.95. The number of aromatic carboxylic acids is 1. The van der Waals surface area contributed by atoms with E-state index in [0.717, 1.165) is 10.9 Å². The lowest BCUT2D eigenvalue weighted by molar-refractivity contribution is 0.0696. The van der Waals surface area contributed by atoms with Crippen molar-refractivity contribution < 1.29 is 14.7 Å². The van der Waals surface area contributed by atoms with E-state index in [-0.39, 0.29) is 11.5 Å². The topological polar surface area (TPSA) is 59.3 Å². The van der Waals surface area contributed by atoms with E-state index in [1.54, 1.807) is 29.0 Å². The number of carboxylic acid groups (broad SMARTS) is 1. The van der Waals surface area contributed by atoms with Gasteiger partial charge in [-0.1, -0.05) is 20.8 Å². The van der Waals surface area contributed by atoms with Crippen LogP contribution < -0.4 is 0 Å². The van der Waals surface area contributed by atoms with Crippen molar-refractivity contribution in [3.05, 3.63) is 36.0 Å². The van der Waals surface area contributed by atoms with Gasteiger partial charge in [-0.05, 0) is 24.3 Å². The molecule has 0 unspecified atom stereocenters. The van der Waals surface area contributed by atoms with Crippen LogP contribution in [0.3, 0.4) is 0 Å². The van der Waals surface area contributed by atoms with Gasteiger partial charge in [0.05, 0.1) is 11.1 Å². The van der Waals surface area contributed by atoms with Gasteiger partial charge in [-0.15, -0.1) is 0 Å². The first-order valence-corrected chi connectivity index (χ1v) is 5.70. The van der Waals surface area contributed by atoms with Crippen LogP contribution in [0.2, 0.25) is 0 Å². The summed E-state index contributed by atoms with van der Waals surface area (Å²) in [6, 6.07) is 6.51. The van der Waals surface area contributed by atoms with Gasteiger partial charge >= 0.3 is 5.97 Å². The third kappa shape index (κ3) is 2.01. The predicted molar refractivity (Wildman–Crippen MR) is 69.0 cm³/mol. The van der Waals surface area contributed by atoms with E-state index in [4.69, 9.17) is 5.11 Å². The number of fused-ring (bicyclic) bond motifs is 1. The molecule has 0 spiro atoms. The molecule has 0 aliphatic carbocycles. The summed E-state index contributed by atoms with van der Waals surface area (Å²) in [7, 11) is 0. The number of rotatable bonds is 1. The van der Waals surface area contributed by atoms with E-state index in [2.05, 4.69) is 0 Å². The second-order valence-electron chi connectivity index (χ2n) is 5.32. The summed E-state index contributed by atoms with van der Waals surface area (Å²) in [6.45, 7) is 5.56. The Morgan fingerprint density at radius 1 is 1.17 bits per heavy atom. The summed E-state index contributed by atoms with van der Waals surface area (Å²) >= 11 is 0. The maximum atomic E-state index is 12.2. The Bertz CT molecular complexity index is 632. The molecule has 0 amide bonds. The van der Waals surface area contributed by atoms with Crippen LogP contribution in [0.4, 0.5) is 0 Å². The minimum atomic E-state index is -0.966. The lowest BCUT2D eigenvalue weighted by Crippen LogP contribution is -2.25. The van der Waals surface area contributed by atoms with Crippen molar-refractivity contribution >= 4 is 22.8 Å². The van der Waals surface area contributed by atoms with Crippen molar-refractivity contribution in [3.8, 4) is 0 Å². The fourth-order valence-corrected chi connectivity index (χ4v) is 1.81. The number of hydrogen-bond donors (Lipinski definition) is 1. The SMILES string of the molecule is CC(C)(C)C(=O)n1ccc2cc(C(=O)O)ccc21. The molecule has 0 fully saturated rings. The average Bonchev–Trinajstić information content (AvgIpc) is 2.68. The average molecular weight is 245 g/mol. The van der Waals surface area contributed by atoms with Crippen LogP contribution in [-0.4, -0.2) is 21.6 Å². The van der Waals surface area contributed by atoms with Crippen LogP contribution in [0.15, 0.2) is 30.5 Å². The summed E-state index contributed by atoms with van der Waals surface area (Å²) in [5.74, 6) is -0.979. The molecule has 0 bridgehead atoms. The lowest BCUT2D eigenvalue weighted by Gasteiger charge is -2.17. The van der Waals surface area contributed by atoms with Gasteiger partial charge in [-0.25, -0.2) is 4.79 Å². The first kappa shape index (κ1) is 12.4. The van der Waals surface area contributed by atoms with Gasteiger partial charge in [0.15, 0.2) is 0 Å². The van der Waals surface area contributed by atoms with Crippen molar-refractivity contribution in [2.75, 3.05) is 0 Å². The zero-order valence-corrected chi connectivity index (χ0v) is 10.6. The molecule has 18 heavy (non-hydrogen) atoms. The molecule has 1 heterocycles. The summed E-state index contributed by atoms with van der Waals surface area (Å²) in [5, 5.41) is 9.67. The number of benzene rings is 1. The highest BCUT2D eigenvalue weighted by atomic mass is 16.4. The summed E-state index contributed by atoms with van der Waals surface area (Å²) in [5.41, 5.74) is 0.487. The molecule has 1 aromatic carbocycles. The molecule has 0 saturated carbocycles. The Balaban J connectivity index is 2.56. The van der Waals surface area contributed by atoms with Crippen LogP contribution in [0.25, 0.3) is 10.9 Å². The highest BCUT2D eigenvalue weighted by Gasteiger charge is 2.24. The number of carboxylic acids is 1. The first-order chi connectivity index (χ1) is 8.30. The minimum Gasteiger partial charge on any atom is -0.478 e. The Morgan fingerprint density at radius 2 is 1.83 bits per heavy atom. The van der Waals surface area contributed by atoms with Gasteiger partial charge < -0.3 is 5.11 Å². The number of hydrogen-bond acceptors (Lipinski definition) is 2. The molecule has 1 N–H and O–H groups in total. The Kier molecular flexibility index (Phi) is 2.73. The summed E-state index contributed by atoms with van der Waals surface area (Å²) in [6.07, 6.45) is 1.68. The summed E-state index contributed by atoms with van der Waals surface area (Å²) < 4.78 is 1.57. The van der Waals surface area contributed by atoms with Crippen LogP contribution in [0.5, 0.6) is 0 Å². The molecule has 0 atom stereocenters. The monoisotopic (exact) mass is 245 g/mol. The van der Waals surface area contributed by atoms with E-state index >= 15 is 0 Å². The van der Waals surface area contributed by atoms with E-state index in [1.165, 1.54) is 6.07 Å². The molecule has 0 saturated heterocycles. The maximum absolute atomic E-state index is 12.2. The van der Waals surface area contributed by atoms with E-state index in [9.17, 15) is 9.59 Å². The fraction of sp³-hybridized carbons (Fsp3) is 0.286. The maximum Gasteiger partial charge on any atom is 0.335 e. The quantitative estimate of drug-likeness (QED) is 0.840. The van der Waals surface area contributed by atoms with Crippen molar-refractivity contribution in [3.63, 3.8) is 0 Å². The molecule has 0 aliphatic rings. The molecule has 0 aliphatic heterocycles. The number of carbonyl (C=O) groups excluding carboxylic acids is 1. The molecule has 1 aromatic heterocycles. The number of carbonyl (C=O) groups is 2. The molecule has 94 valence electrons. The van der Waals surface area contributed by atoms with Gasteiger partial charge in [0.25, 0.3) is 0 Å². The zero-order valence-electron chi connectivity index (χ0n) is 10.6. The summed E-state index contributed by atoms with van der Waals surface area (Å²) in [4.78, 5) is 23.1. The van der Waals surface area contributed by atoms with E-state index in [1.807, 2.05) is 20.8 Å². The smallest absolute Gasteiger partial charge is 0.335 e. The Labute approximate surface area is 105 Å². The standard InChI is InChI=1S/C14H15NO3/c1-14(2,3)13(18)15-7-6-9-8-10(12(16)17)4-5-11(9)15/h4-8H,1-3H3,(H,16,17). The zero-order chi connectivity index (χ0) is 13.5. The third-order valence-corrected chi connectivity index (χ3v) is 2.80. The van der Waals surface area contributed by atoms with Gasteiger partial charge in [-0.2, -0.15) is 0 Å². The molecular weight excluding hydrogens is 230 g/mol. The van der Waals surface area contributed by atoms with Gasteiger partial charge in [0.2, 0.25) is 5.91 Å². The number of nitrogens with zero attached hydrogens (tertiary/aromatic N) is 1. The predicted octanol–water partition coefficient (Wildman–Crippen LogP) is 3.03. The molecule has 4 nitrogen and oxygen atoms in total.